The van der Waals surface area contributed by atoms with E-state index in [1.54, 1.807) is 7.11 Å². The maximum Gasteiger partial charge on any atom is 0.120 e. The molecule has 3 aliphatic rings. The Bertz CT molecular complexity index is 1230. The summed E-state index contributed by atoms with van der Waals surface area (Å²) in [6.45, 7) is 3.50. The van der Waals surface area contributed by atoms with Gasteiger partial charge in [-0.2, -0.15) is 0 Å². The van der Waals surface area contributed by atoms with E-state index in [0.29, 0.717) is 17.7 Å². The van der Waals surface area contributed by atoms with Gasteiger partial charge < -0.3 is 15.2 Å². The number of hydrogen-bond donors (Lipinski definition) is 2. The van der Waals surface area contributed by atoms with Gasteiger partial charge in [-0.3, -0.25) is 4.90 Å². The number of phenolic OH excluding ortho intramolecular Hbond substituents is 1. The van der Waals surface area contributed by atoms with Gasteiger partial charge in [0.25, 0.3) is 0 Å². The van der Waals surface area contributed by atoms with Crippen LogP contribution in [0.15, 0.2) is 60.7 Å². The third kappa shape index (κ3) is 5.42. The van der Waals surface area contributed by atoms with Crippen LogP contribution < -0.4 is 10.1 Å². The number of hydrogen-bond acceptors (Lipinski definition) is 4. The molecule has 0 saturated carbocycles. The molecule has 6 rings (SSSR count). The van der Waals surface area contributed by atoms with Crippen molar-refractivity contribution in [2.45, 2.75) is 88.8 Å². The van der Waals surface area contributed by atoms with Crippen LogP contribution in [-0.2, 0) is 25.7 Å². The summed E-state index contributed by atoms with van der Waals surface area (Å²) < 4.78 is 5.59. The second kappa shape index (κ2) is 11.0. The lowest BCUT2D eigenvalue weighted by Crippen LogP contribution is -2.30. The van der Waals surface area contributed by atoms with Crippen LogP contribution in [0.25, 0.3) is 0 Å². The Morgan fingerprint density at radius 3 is 2.37 bits per heavy atom. The van der Waals surface area contributed by atoms with Gasteiger partial charge in [0, 0.05) is 36.4 Å². The fourth-order valence-electron chi connectivity index (χ4n) is 7.31. The van der Waals surface area contributed by atoms with Crippen molar-refractivity contribution in [3.63, 3.8) is 0 Å². The summed E-state index contributed by atoms with van der Waals surface area (Å²) in [5.41, 5.74) is 8.02. The summed E-state index contributed by atoms with van der Waals surface area (Å²) in [4.78, 5) is 2.78. The number of aromatic hydroxyl groups is 1. The second-order valence-corrected chi connectivity index (χ2v) is 11.9. The quantitative estimate of drug-likeness (QED) is 0.329. The maximum absolute atomic E-state index is 9.88. The smallest absolute Gasteiger partial charge is 0.120 e. The normalized spacial score (nSPS) is 23.3. The molecule has 2 bridgehead atoms. The Hall–Kier alpha value is -2.98. The molecule has 2 fully saturated rings. The Labute approximate surface area is 228 Å². The molecule has 0 radical (unpaired) electrons. The lowest BCUT2D eigenvalue weighted by Gasteiger charge is -2.28. The van der Waals surface area contributed by atoms with E-state index in [2.05, 4.69) is 65.7 Å². The molecule has 2 unspecified atom stereocenters. The SMILES string of the molecule is COc1ccc(C2CCc3cc(O)ccc3C2)c(NC(C)Cc2ccc(CCN3C4CCC3CC4)cc2)c1. The van der Waals surface area contributed by atoms with Gasteiger partial charge in [-0.1, -0.05) is 36.4 Å². The van der Waals surface area contributed by atoms with Crippen molar-refractivity contribution < 1.29 is 9.84 Å². The van der Waals surface area contributed by atoms with Crippen LogP contribution in [0.3, 0.4) is 0 Å². The fraction of sp³-hybridized carbons (Fsp3) is 0.471. The molecule has 2 N–H and O–H groups in total. The van der Waals surface area contributed by atoms with E-state index in [4.69, 9.17) is 4.74 Å². The van der Waals surface area contributed by atoms with Gasteiger partial charge in [-0.15, -0.1) is 0 Å². The topological polar surface area (TPSA) is 44.7 Å². The van der Waals surface area contributed by atoms with E-state index in [-0.39, 0.29) is 0 Å². The molecule has 4 heteroatoms. The first-order chi connectivity index (χ1) is 18.6. The number of fused-ring (bicyclic) bond motifs is 3. The van der Waals surface area contributed by atoms with E-state index >= 15 is 0 Å². The van der Waals surface area contributed by atoms with Gasteiger partial charge in [-0.05, 0) is 117 Å². The molecular weight excluding hydrogens is 468 g/mol. The number of aryl methyl sites for hydroxylation is 1. The Morgan fingerprint density at radius 1 is 0.895 bits per heavy atom. The first-order valence-electron chi connectivity index (χ1n) is 14.6. The van der Waals surface area contributed by atoms with Gasteiger partial charge in [0.15, 0.2) is 0 Å². The molecule has 3 aromatic rings. The molecule has 3 aromatic carbocycles. The molecule has 1 aliphatic carbocycles. The van der Waals surface area contributed by atoms with Crippen LogP contribution in [0, 0.1) is 0 Å². The Morgan fingerprint density at radius 2 is 1.63 bits per heavy atom. The highest BCUT2D eigenvalue weighted by Gasteiger charge is 2.38. The van der Waals surface area contributed by atoms with Crippen molar-refractivity contribution in [2.75, 3.05) is 19.0 Å². The van der Waals surface area contributed by atoms with Crippen molar-refractivity contribution in [2.24, 2.45) is 0 Å². The maximum atomic E-state index is 9.88. The summed E-state index contributed by atoms with van der Waals surface area (Å²) in [5.74, 6) is 1.72. The molecule has 0 spiro atoms. The first kappa shape index (κ1) is 25.3. The summed E-state index contributed by atoms with van der Waals surface area (Å²) in [7, 11) is 1.74. The number of phenols is 1. The van der Waals surface area contributed by atoms with Gasteiger partial charge in [0.1, 0.15) is 11.5 Å². The number of nitrogens with one attached hydrogen (secondary N) is 1. The van der Waals surface area contributed by atoms with Gasteiger partial charge >= 0.3 is 0 Å². The highest BCUT2D eigenvalue weighted by molar-refractivity contribution is 5.58. The third-order valence-electron chi connectivity index (χ3n) is 9.35. The number of nitrogens with zero attached hydrogens (tertiary/aromatic N) is 1. The highest BCUT2D eigenvalue weighted by atomic mass is 16.5. The molecule has 200 valence electrons. The minimum absolute atomic E-state index is 0.305. The average Bonchev–Trinajstić information content (AvgIpc) is 3.51. The van der Waals surface area contributed by atoms with Crippen molar-refractivity contribution in [3.8, 4) is 11.5 Å². The third-order valence-corrected chi connectivity index (χ3v) is 9.35. The molecule has 0 amide bonds. The standard InChI is InChI=1S/C34H42N2O2/c1-23(19-25-5-3-24(4-6-25)17-18-36-29-10-11-30(36)13-12-29)35-34-22-32(38-2)15-16-33(34)28-8-7-27-21-31(37)14-9-26(27)20-28/h3-6,9,14-16,21-23,28-30,35,37H,7-8,10-13,17-20H2,1-2H3. The van der Waals surface area contributed by atoms with Crippen LogP contribution in [-0.4, -0.2) is 41.8 Å². The fourth-order valence-corrected chi connectivity index (χ4v) is 7.31. The van der Waals surface area contributed by atoms with E-state index in [1.807, 2.05) is 12.1 Å². The minimum Gasteiger partial charge on any atom is -0.508 e. The van der Waals surface area contributed by atoms with E-state index in [1.165, 1.54) is 72.2 Å². The van der Waals surface area contributed by atoms with Crippen LogP contribution in [0.2, 0.25) is 0 Å². The minimum atomic E-state index is 0.305. The van der Waals surface area contributed by atoms with Crippen LogP contribution in [0.1, 0.15) is 72.8 Å². The zero-order valence-electron chi connectivity index (χ0n) is 23.0. The molecule has 4 nitrogen and oxygen atoms in total. The number of ether oxygens (including phenoxy) is 1. The summed E-state index contributed by atoms with van der Waals surface area (Å²) in [6.07, 6.45) is 10.9. The zero-order valence-corrected chi connectivity index (χ0v) is 23.0. The largest absolute Gasteiger partial charge is 0.508 e. The Balaban J connectivity index is 1.09. The van der Waals surface area contributed by atoms with E-state index in [0.717, 1.165) is 43.5 Å². The summed E-state index contributed by atoms with van der Waals surface area (Å²) in [6, 6.07) is 23.7. The predicted molar refractivity (Wildman–Crippen MR) is 156 cm³/mol. The molecule has 0 aromatic heterocycles. The van der Waals surface area contributed by atoms with Crippen LogP contribution in [0.5, 0.6) is 11.5 Å². The molecule has 2 heterocycles. The number of benzene rings is 3. The lowest BCUT2D eigenvalue weighted by molar-refractivity contribution is 0.256. The predicted octanol–water partition coefficient (Wildman–Crippen LogP) is 6.89. The molecule has 38 heavy (non-hydrogen) atoms. The van der Waals surface area contributed by atoms with E-state index < -0.39 is 0 Å². The zero-order chi connectivity index (χ0) is 26.1. The van der Waals surface area contributed by atoms with Crippen LogP contribution >= 0.6 is 0 Å². The molecule has 2 aliphatic heterocycles. The highest BCUT2D eigenvalue weighted by Crippen LogP contribution is 2.39. The van der Waals surface area contributed by atoms with Gasteiger partial charge in [0.2, 0.25) is 0 Å². The molecular formula is C34H42N2O2. The van der Waals surface area contributed by atoms with Crippen molar-refractivity contribution in [1.29, 1.82) is 0 Å². The number of rotatable bonds is 9. The number of methoxy groups -OCH3 is 1. The average molecular weight is 511 g/mol. The molecule has 2 saturated heterocycles. The first-order valence-corrected chi connectivity index (χ1v) is 14.6. The van der Waals surface area contributed by atoms with E-state index in [9.17, 15) is 5.11 Å². The van der Waals surface area contributed by atoms with Crippen molar-refractivity contribution in [3.05, 3.63) is 88.5 Å². The monoisotopic (exact) mass is 510 g/mol. The lowest BCUT2D eigenvalue weighted by atomic mass is 9.79. The van der Waals surface area contributed by atoms with Crippen LogP contribution in [0.4, 0.5) is 5.69 Å². The Kier molecular flexibility index (Phi) is 7.34. The van der Waals surface area contributed by atoms with Crippen molar-refractivity contribution in [1.82, 2.24) is 4.90 Å². The van der Waals surface area contributed by atoms with Gasteiger partial charge in [-0.25, -0.2) is 0 Å². The van der Waals surface area contributed by atoms with Gasteiger partial charge in [0.05, 0.1) is 7.11 Å². The number of anilines is 1. The summed E-state index contributed by atoms with van der Waals surface area (Å²) >= 11 is 0. The second-order valence-electron chi connectivity index (χ2n) is 11.9. The summed E-state index contributed by atoms with van der Waals surface area (Å²) in [5, 5.41) is 13.7. The van der Waals surface area contributed by atoms with Crippen molar-refractivity contribution >= 4 is 5.69 Å². The molecule has 2 atom stereocenters.